The maximum Gasteiger partial charge on any atom is 0.293 e. The Morgan fingerprint density at radius 3 is 2.88 bits per heavy atom. The van der Waals surface area contributed by atoms with E-state index >= 15 is 0 Å². The van der Waals surface area contributed by atoms with Crippen molar-refractivity contribution in [2.75, 3.05) is 18.0 Å². The zero-order valence-corrected chi connectivity index (χ0v) is 15.4. The Morgan fingerprint density at radius 1 is 1.28 bits per heavy atom. The molecule has 5 heteroatoms. The quantitative estimate of drug-likeness (QED) is 0.853. The maximum absolute atomic E-state index is 12.4. The lowest BCUT2D eigenvalue weighted by molar-refractivity contribution is 0.166. The highest BCUT2D eigenvalue weighted by molar-refractivity contribution is 5.36. The monoisotopic (exact) mass is 342 g/mol. The molecule has 1 aliphatic heterocycles. The average molecular weight is 342 g/mol. The summed E-state index contributed by atoms with van der Waals surface area (Å²) in [6.07, 6.45) is 14.7. The van der Waals surface area contributed by atoms with Crippen molar-refractivity contribution in [2.45, 2.75) is 51.1 Å². The number of anilines is 1. The van der Waals surface area contributed by atoms with Gasteiger partial charge in [0.1, 0.15) is 0 Å². The first-order valence-corrected chi connectivity index (χ1v) is 9.83. The summed E-state index contributed by atoms with van der Waals surface area (Å²) >= 11 is 0. The van der Waals surface area contributed by atoms with Gasteiger partial charge in [-0.1, -0.05) is 12.2 Å². The molecule has 5 atom stereocenters. The lowest BCUT2D eigenvalue weighted by atomic mass is 9.67. The first-order valence-electron chi connectivity index (χ1n) is 9.83. The summed E-state index contributed by atoms with van der Waals surface area (Å²) in [5.41, 5.74) is 0.00549. The Balaban J connectivity index is 1.41. The van der Waals surface area contributed by atoms with Crippen LogP contribution in [-0.4, -0.2) is 34.7 Å². The zero-order chi connectivity index (χ0) is 17.4. The highest BCUT2D eigenvalue weighted by atomic mass is 16.1. The molecule has 2 heterocycles. The van der Waals surface area contributed by atoms with Gasteiger partial charge in [0, 0.05) is 44.6 Å². The van der Waals surface area contributed by atoms with Gasteiger partial charge < -0.3 is 14.8 Å². The minimum atomic E-state index is 0.00549. The molecule has 0 spiro atoms. The molecule has 25 heavy (non-hydrogen) atoms. The molecule has 136 valence electrons. The van der Waals surface area contributed by atoms with E-state index < -0.39 is 0 Å². The van der Waals surface area contributed by atoms with Gasteiger partial charge in [0.15, 0.2) is 5.82 Å². The fourth-order valence-electron chi connectivity index (χ4n) is 5.05. The lowest BCUT2D eigenvalue weighted by Gasteiger charge is -2.43. The second-order valence-corrected chi connectivity index (χ2v) is 8.19. The number of hydrogen-bond donors (Lipinski definition) is 1. The summed E-state index contributed by atoms with van der Waals surface area (Å²) < 4.78 is 1.62. The van der Waals surface area contributed by atoms with Crippen molar-refractivity contribution in [1.82, 2.24) is 14.9 Å². The van der Waals surface area contributed by atoms with Crippen LogP contribution in [0.4, 0.5) is 5.82 Å². The molecule has 0 amide bonds. The topological polar surface area (TPSA) is 50.2 Å². The van der Waals surface area contributed by atoms with E-state index in [0.717, 1.165) is 37.3 Å². The van der Waals surface area contributed by atoms with E-state index in [1.165, 1.54) is 25.7 Å². The second kappa shape index (κ2) is 6.94. The van der Waals surface area contributed by atoms with E-state index in [4.69, 9.17) is 0 Å². The van der Waals surface area contributed by atoms with E-state index in [0.29, 0.717) is 17.9 Å². The molecular formula is C20H30N4O. The Kier molecular flexibility index (Phi) is 4.67. The molecular weight excluding hydrogens is 312 g/mol. The fraction of sp³-hybridized carbons (Fsp3) is 0.700. The number of nitrogens with zero attached hydrogens (tertiary/aromatic N) is 3. The van der Waals surface area contributed by atoms with Crippen LogP contribution in [-0.2, 0) is 7.05 Å². The minimum absolute atomic E-state index is 0.00549. The van der Waals surface area contributed by atoms with Gasteiger partial charge in [0.05, 0.1) is 0 Å². The smallest absolute Gasteiger partial charge is 0.293 e. The van der Waals surface area contributed by atoms with Gasteiger partial charge in [-0.25, -0.2) is 4.98 Å². The summed E-state index contributed by atoms with van der Waals surface area (Å²) in [5, 5.41) is 3.90. The van der Waals surface area contributed by atoms with Crippen LogP contribution in [0, 0.1) is 17.8 Å². The third kappa shape index (κ3) is 3.39. The molecule has 2 fully saturated rings. The largest absolute Gasteiger partial charge is 0.350 e. The molecule has 5 nitrogen and oxygen atoms in total. The summed E-state index contributed by atoms with van der Waals surface area (Å²) in [4.78, 5) is 18.9. The number of allylic oxidation sites excluding steroid dienone is 2. The van der Waals surface area contributed by atoms with Crippen LogP contribution in [0.2, 0.25) is 0 Å². The van der Waals surface area contributed by atoms with Crippen molar-refractivity contribution in [2.24, 2.45) is 24.8 Å². The molecule has 1 aromatic rings. The van der Waals surface area contributed by atoms with Crippen LogP contribution >= 0.6 is 0 Å². The Morgan fingerprint density at radius 2 is 2.16 bits per heavy atom. The molecule has 3 aliphatic carbocycles. The van der Waals surface area contributed by atoms with Crippen molar-refractivity contribution in [3.8, 4) is 0 Å². The highest BCUT2D eigenvalue weighted by Crippen LogP contribution is 2.42. The van der Waals surface area contributed by atoms with Crippen molar-refractivity contribution in [3.63, 3.8) is 0 Å². The highest BCUT2D eigenvalue weighted by Gasteiger charge is 2.36. The third-order valence-electron chi connectivity index (χ3n) is 6.49. The second-order valence-electron chi connectivity index (χ2n) is 8.19. The van der Waals surface area contributed by atoms with Gasteiger partial charge >= 0.3 is 0 Å². The molecule has 4 aliphatic rings. The standard InChI is InChI=1S/C20H30N4O/c1-14(18-12-15-5-7-16(18)8-6-15)22-17-4-3-10-24(13-17)19-20(25)23(2)11-9-21-19/h5,7,9,11,14-18,22H,3-4,6,8,10,12-13H2,1-2H3/t14-,15-,16-,17-,18-/m0/s1. The SMILES string of the molecule is C[C@H](N[C@H]1CCCN(c2nccn(C)c2=O)C1)[C@@H]1C[C@H]2C=C[C@H]1CC2. The predicted octanol–water partition coefficient (Wildman–Crippen LogP) is 2.33. The summed E-state index contributed by atoms with van der Waals surface area (Å²) in [6, 6.07) is 0.981. The molecule has 1 saturated carbocycles. The van der Waals surface area contributed by atoms with Crippen molar-refractivity contribution in [1.29, 1.82) is 0 Å². The van der Waals surface area contributed by atoms with E-state index in [-0.39, 0.29) is 5.56 Å². The maximum atomic E-state index is 12.4. The van der Waals surface area contributed by atoms with Crippen LogP contribution in [0.25, 0.3) is 0 Å². The van der Waals surface area contributed by atoms with Crippen molar-refractivity contribution >= 4 is 5.82 Å². The number of piperidine rings is 1. The van der Waals surface area contributed by atoms with Crippen LogP contribution in [0.3, 0.4) is 0 Å². The first-order chi connectivity index (χ1) is 12.1. The number of nitrogens with one attached hydrogen (secondary N) is 1. The van der Waals surface area contributed by atoms with Gasteiger partial charge in [0.25, 0.3) is 5.56 Å². The van der Waals surface area contributed by atoms with Crippen LogP contribution < -0.4 is 15.8 Å². The van der Waals surface area contributed by atoms with Gasteiger partial charge in [-0.15, -0.1) is 0 Å². The average Bonchev–Trinajstić information content (AvgIpc) is 2.65. The summed E-state index contributed by atoms with van der Waals surface area (Å²) in [6.45, 7) is 4.17. The third-order valence-corrected chi connectivity index (χ3v) is 6.49. The molecule has 5 rings (SSSR count). The Labute approximate surface area is 150 Å². The van der Waals surface area contributed by atoms with Crippen molar-refractivity contribution < 1.29 is 0 Å². The molecule has 0 unspecified atom stereocenters. The van der Waals surface area contributed by atoms with Crippen molar-refractivity contribution in [3.05, 3.63) is 34.9 Å². The predicted molar refractivity (Wildman–Crippen MR) is 101 cm³/mol. The van der Waals surface area contributed by atoms with Crippen LogP contribution in [0.15, 0.2) is 29.3 Å². The minimum Gasteiger partial charge on any atom is -0.350 e. The summed E-state index contributed by atoms with van der Waals surface area (Å²) in [5.74, 6) is 2.93. The number of hydrogen-bond acceptors (Lipinski definition) is 4. The number of rotatable bonds is 4. The van der Waals surface area contributed by atoms with E-state index in [1.807, 2.05) is 0 Å². The normalized spacial score (nSPS) is 32.8. The first kappa shape index (κ1) is 16.8. The molecule has 1 aromatic heterocycles. The molecule has 2 bridgehead atoms. The molecule has 1 saturated heterocycles. The number of fused-ring (bicyclic) bond motifs is 2. The lowest BCUT2D eigenvalue weighted by Crippen LogP contribution is -2.53. The summed E-state index contributed by atoms with van der Waals surface area (Å²) in [7, 11) is 1.79. The van der Waals surface area contributed by atoms with Gasteiger partial charge in [-0.3, -0.25) is 4.79 Å². The van der Waals surface area contributed by atoms with Crippen LogP contribution in [0.1, 0.15) is 39.0 Å². The fourth-order valence-corrected chi connectivity index (χ4v) is 5.05. The zero-order valence-electron chi connectivity index (χ0n) is 15.4. The Hall–Kier alpha value is -1.62. The molecule has 1 N–H and O–H groups in total. The van der Waals surface area contributed by atoms with Gasteiger partial charge in [0.2, 0.25) is 0 Å². The molecule has 0 radical (unpaired) electrons. The van der Waals surface area contributed by atoms with Gasteiger partial charge in [-0.05, 0) is 56.8 Å². The number of aromatic nitrogens is 2. The Bertz CT molecular complexity index is 697. The van der Waals surface area contributed by atoms with Gasteiger partial charge in [-0.2, -0.15) is 0 Å². The molecule has 0 aromatic carbocycles. The van der Waals surface area contributed by atoms with E-state index in [2.05, 4.69) is 34.3 Å². The van der Waals surface area contributed by atoms with Crippen LogP contribution in [0.5, 0.6) is 0 Å². The van der Waals surface area contributed by atoms with E-state index in [9.17, 15) is 4.79 Å². The van der Waals surface area contributed by atoms with E-state index in [1.54, 1.807) is 24.0 Å². The number of aryl methyl sites for hydroxylation is 1.